The Hall–Kier alpha value is -1.42. The molecule has 1 fully saturated rings. The van der Waals surface area contributed by atoms with Gasteiger partial charge in [-0.1, -0.05) is 18.0 Å². The van der Waals surface area contributed by atoms with E-state index in [-0.39, 0.29) is 28.0 Å². The topological polar surface area (TPSA) is 71.5 Å². The Morgan fingerprint density at radius 1 is 1.33 bits per heavy atom. The Labute approximate surface area is 167 Å². The van der Waals surface area contributed by atoms with Gasteiger partial charge in [0.15, 0.2) is 5.13 Å². The molecule has 1 aliphatic rings. The van der Waals surface area contributed by atoms with Gasteiger partial charge >= 0.3 is 0 Å². The Kier molecular flexibility index (Phi) is 6.25. The highest BCUT2D eigenvalue weighted by Crippen LogP contribution is 2.34. The van der Waals surface area contributed by atoms with Gasteiger partial charge < -0.3 is 9.64 Å². The molecule has 1 N–H and O–H groups in total. The summed E-state index contributed by atoms with van der Waals surface area (Å²) in [6.07, 6.45) is 5.30. The Morgan fingerprint density at radius 2 is 2.07 bits per heavy atom. The molecule has 1 unspecified atom stereocenters. The molecule has 1 heterocycles. The first-order chi connectivity index (χ1) is 12.8. The average Bonchev–Trinajstić information content (AvgIpc) is 3.10. The van der Waals surface area contributed by atoms with Crippen LogP contribution in [0.2, 0.25) is 5.02 Å². The summed E-state index contributed by atoms with van der Waals surface area (Å²) in [5.74, 6) is -0.767. The second kappa shape index (κ2) is 8.30. The number of likely N-dealkylation sites (N-methyl/N-ethyl adjacent to an activating group) is 1. The van der Waals surface area contributed by atoms with Gasteiger partial charge in [-0.25, -0.2) is 17.8 Å². The van der Waals surface area contributed by atoms with Gasteiger partial charge in [0.2, 0.25) is 0 Å². The summed E-state index contributed by atoms with van der Waals surface area (Å²) < 4.78 is 47.6. The van der Waals surface area contributed by atoms with E-state index in [9.17, 15) is 12.8 Å². The number of thiazole rings is 1. The van der Waals surface area contributed by atoms with Crippen molar-refractivity contribution in [2.24, 2.45) is 0 Å². The highest BCUT2D eigenvalue weighted by molar-refractivity contribution is 7.93. The smallest absolute Gasteiger partial charge is 0.266 e. The Balaban J connectivity index is 1.84. The van der Waals surface area contributed by atoms with Gasteiger partial charge in [-0.2, -0.15) is 0 Å². The summed E-state index contributed by atoms with van der Waals surface area (Å²) in [6.45, 7) is 0. The molecule has 0 aliphatic heterocycles. The van der Waals surface area contributed by atoms with Gasteiger partial charge in [0, 0.05) is 23.7 Å². The lowest BCUT2D eigenvalue weighted by Gasteiger charge is -2.36. The molecular weight excluding hydrogens is 413 g/mol. The maximum absolute atomic E-state index is 14.6. The van der Waals surface area contributed by atoms with E-state index >= 15 is 0 Å². The average molecular weight is 434 g/mol. The van der Waals surface area contributed by atoms with Gasteiger partial charge in [0.25, 0.3) is 10.0 Å². The summed E-state index contributed by atoms with van der Waals surface area (Å²) in [5.41, 5.74) is 0. The monoisotopic (exact) mass is 433 g/mol. The lowest BCUT2D eigenvalue weighted by molar-refractivity contribution is 0.0620. The molecule has 0 bridgehead atoms. The maximum Gasteiger partial charge on any atom is 0.266 e. The predicted molar refractivity (Wildman–Crippen MR) is 105 cm³/mol. The van der Waals surface area contributed by atoms with E-state index in [1.807, 2.05) is 14.1 Å². The van der Waals surface area contributed by atoms with Gasteiger partial charge in [-0.3, -0.25) is 4.72 Å². The lowest BCUT2D eigenvalue weighted by atomic mass is 9.91. The van der Waals surface area contributed by atoms with Crippen LogP contribution in [0, 0.1) is 5.82 Å². The molecule has 6 nitrogen and oxygen atoms in total. The molecule has 10 heteroatoms. The number of sulfonamides is 1. The second-order valence-corrected chi connectivity index (χ2v) is 9.58. The van der Waals surface area contributed by atoms with Gasteiger partial charge in [0.1, 0.15) is 22.6 Å². The number of hydrogen-bond donors (Lipinski definition) is 1. The van der Waals surface area contributed by atoms with Crippen LogP contribution in [0.4, 0.5) is 9.52 Å². The second-order valence-electron chi connectivity index (χ2n) is 6.63. The molecule has 1 aromatic carbocycles. The van der Waals surface area contributed by atoms with Crippen LogP contribution in [0.25, 0.3) is 0 Å². The van der Waals surface area contributed by atoms with Crippen molar-refractivity contribution >= 4 is 38.1 Å². The summed E-state index contributed by atoms with van der Waals surface area (Å²) in [7, 11) is -0.174. The zero-order valence-electron chi connectivity index (χ0n) is 15.0. The minimum Gasteiger partial charge on any atom is -0.487 e. The minimum atomic E-state index is -4.14. The first-order valence-electron chi connectivity index (χ1n) is 8.52. The number of nitrogens with one attached hydrogen (secondary N) is 1. The van der Waals surface area contributed by atoms with Crippen molar-refractivity contribution in [1.82, 2.24) is 9.88 Å². The third-order valence-corrected chi connectivity index (χ3v) is 7.01. The number of rotatable bonds is 6. The van der Waals surface area contributed by atoms with Crippen LogP contribution in [-0.4, -0.2) is 44.5 Å². The van der Waals surface area contributed by atoms with Crippen molar-refractivity contribution in [3.8, 4) is 5.75 Å². The summed E-state index contributed by atoms with van der Waals surface area (Å²) >= 11 is 7.32. The number of benzene rings is 1. The quantitative estimate of drug-likeness (QED) is 0.745. The predicted octanol–water partition coefficient (Wildman–Crippen LogP) is 3.99. The molecule has 2 atom stereocenters. The number of aromatic nitrogens is 1. The van der Waals surface area contributed by atoms with E-state index in [0.29, 0.717) is 0 Å². The van der Waals surface area contributed by atoms with Crippen molar-refractivity contribution in [3.63, 3.8) is 0 Å². The molecule has 0 spiro atoms. The van der Waals surface area contributed by atoms with Crippen LogP contribution in [0.3, 0.4) is 0 Å². The number of hydrogen-bond acceptors (Lipinski definition) is 6. The normalized spacial score (nSPS) is 20.6. The zero-order chi connectivity index (χ0) is 19.6. The fourth-order valence-corrected chi connectivity index (χ4v) is 5.37. The molecule has 0 amide bonds. The molecule has 148 valence electrons. The molecule has 1 saturated carbocycles. The first kappa shape index (κ1) is 20.3. The lowest BCUT2D eigenvalue weighted by Crippen LogP contribution is -2.44. The first-order valence-corrected chi connectivity index (χ1v) is 11.3. The third-order valence-electron chi connectivity index (χ3n) is 4.54. The summed E-state index contributed by atoms with van der Waals surface area (Å²) in [5, 5.41) is 1.82. The van der Waals surface area contributed by atoms with Crippen LogP contribution >= 0.6 is 22.9 Å². The van der Waals surface area contributed by atoms with E-state index in [1.54, 1.807) is 5.38 Å². The van der Waals surface area contributed by atoms with Crippen LogP contribution in [-0.2, 0) is 10.0 Å². The minimum absolute atomic E-state index is 0.0546. The van der Waals surface area contributed by atoms with Crippen molar-refractivity contribution < 1.29 is 17.5 Å². The number of ether oxygens (including phenoxy) is 1. The molecule has 3 rings (SSSR count). The van der Waals surface area contributed by atoms with Crippen LogP contribution in [0.15, 0.2) is 28.6 Å². The van der Waals surface area contributed by atoms with Crippen molar-refractivity contribution in [2.75, 3.05) is 18.8 Å². The number of anilines is 1. The largest absolute Gasteiger partial charge is 0.487 e. The van der Waals surface area contributed by atoms with Crippen molar-refractivity contribution in [1.29, 1.82) is 0 Å². The van der Waals surface area contributed by atoms with Crippen molar-refractivity contribution in [3.05, 3.63) is 34.5 Å². The molecule has 0 saturated heterocycles. The van der Waals surface area contributed by atoms with E-state index in [0.717, 1.165) is 49.2 Å². The summed E-state index contributed by atoms with van der Waals surface area (Å²) in [6, 6.07) is 2.32. The van der Waals surface area contributed by atoms with Gasteiger partial charge in [0.05, 0.1) is 5.02 Å². The third kappa shape index (κ3) is 4.71. The molecule has 2 aromatic rings. The highest BCUT2D eigenvalue weighted by Gasteiger charge is 2.30. The van der Waals surface area contributed by atoms with E-state index in [4.69, 9.17) is 16.3 Å². The SMILES string of the molecule is CN(C)C1CCCC[C@@H]1Oc1cc(F)c(S(=O)(=O)Nc2nccs2)cc1Cl. The van der Waals surface area contributed by atoms with Gasteiger partial charge in [-0.05, 0) is 39.4 Å². The Bertz CT molecular complexity index is 891. The maximum atomic E-state index is 14.6. The molecule has 0 radical (unpaired) electrons. The van der Waals surface area contributed by atoms with Crippen molar-refractivity contribution in [2.45, 2.75) is 42.7 Å². The van der Waals surface area contributed by atoms with Crippen LogP contribution < -0.4 is 9.46 Å². The van der Waals surface area contributed by atoms with Gasteiger partial charge in [-0.15, -0.1) is 11.3 Å². The van der Waals surface area contributed by atoms with Crippen LogP contribution in [0.5, 0.6) is 5.75 Å². The fraction of sp³-hybridized carbons (Fsp3) is 0.471. The van der Waals surface area contributed by atoms with E-state index < -0.39 is 20.7 Å². The molecule has 1 aliphatic carbocycles. The molecular formula is C17H21ClFN3O3S2. The Morgan fingerprint density at radius 3 is 2.74 bits per heavy atom. The van der Waals surface area contributed by atoms with Crippen LogP contribution in [0.1, 0.15) is 25.7 Å². The summed E-state index contributed by atoms with van der Waals surface area (Å²) in [4.78, 5) is 5.39. The fourth-order valence-electron chi connectivity index (χ4n) is 3.22. The zero-order valence-corrected chi connectivity index (χ0v) is 17.4. The highest BCUT2D eigenvalue weighted by atomic mass is 35.5. The standard InChI is InChI=1S/C17H21ClFN3O3S2/c1-22(2)13-5-3-4-6-14(13)25-15-10-12(19)16(9-11(15)18)27(23,24)21-17-20-7-8-26-17/h7-10,13-14H,3-6H2,1-2H3,(H,20,21)/t13?,14-/m0/s1. The van der Waals surface area contributed by atoms with E-state index in [2.05, 4.69) is 14.6 Å². The number of halogens is 2. The molecule has 1 aromatic heterocycles. The number of nitrogens with zero attached hydrogens (tertiary/aromatic N) is 2. The van der Waals surface area contributed by atoms with E-state index in [1.165, 1.54) is 6.20 Å². The molecule has 27 heavy (non-hydrogen) atoms.